The highest BCUT2D eigenvalue weighted by Gasteiger charge is 2.09. The SMILES string of the molecule is C#CCOc1ccccc1CN(C)CC(=O)OC. The van der Waals surface area contributed by atoms with E-state index in [2.05, 4.69) is 10.7 Å². The van der Waals surface area contributed by atoms with Crippen LogP contribution in [0.4, 0.5) is 0 Å². The lowest BCUT2D eigenvalue weighted by molar-refractivity contribution is -0.141. The Kier molecular flexibility index (Phi) is 5.75. The maximum atomic E-state index is 11.1. The molecule has 4 nitrogen and oxygen atoms in total. The van der Waals surface area contributed by atoms with E-state index >= 15 is 0 Å². The summed E-state index contributed by atoms with van der Waals surface area (Å²) >= 11 is 0. The number of terminal acetylenes is 1. The summed E-state index contributed by atoms with van der Waals surface area (Å²) in [6.45, 7) is 1.06. The van der Waals surface area contributed by atoms with E-state index in [1.807, 2.05) is 36.2 Å². The van der Waals surface area contributed by atoms with Crippen molar-refractivity contribution in [1.82, 2.24) is 4.90 Å². The summed E-state index contributed by atoms with van der Waals surface area (Å²) in [6, 6.07) is 7.61. The van der Waals surface area contributed by atoms with Crippen molar-refractivity contribution in [2.45, 2.75) is 6.54 Å². The molecule has 0 aromatic heterocycles. The first-order chi connectivity index (χ1) is 8.67. The fraction of sp³-hybridized carbons (Fsp3) is 0.357. The topological polar surface area (TPSA) is 38.8 Å². The van der Waals surface area contributed by atoms with E-state index in [0.717, 1.165) is 11.3 Å². The molecule has 0 N–H and O–H groups in total. The molecule has 1 rings (SSSR count). The number of likely N-dealkylation sites (N-methyl/N-ethyl adjacent to an activating group) is 1. The average molecular weight is 247 g/mol. The summed E-state index contributed by atoms with van der Waals surface area (Å²) in [5.41, 5.74) is 0.985. The minimum Gasteiger partial charge on any atom is -0.481 e. The zero-order valence-electron chi connectivity index (χ0n) is 10.7. The molecule has 0 saturated heterocycles. The van der Waals surface area contributed by atoms with Crippen LogP contribution in [0.5, 0.6) is 5.75 Å². The van der Waals surface area contributed by atoms with Gasteiger partial charge in [0.05, 0.1) is 13.7 Å². The molecular formula is C14H17NO3. The summed E-state index contributed by atoms with van der Waals surface area (Å²) in [4.78, 5) is 13.0. The number of hydrogen-bond donors (Lipinski definition) is 0. The predicted octanol–water partition coefficient (Wildman–Crippen LogP) is 1.30. The predicted molar refractivity (Wildman–Crippen MR) is 69.1 cm³/mol. The second-order valence-electron chi connectivity index (χ2n) is 3.85. The van der Waals surface area contributed by atoms with E-state index in [-0.39, 0.29) is 19.1 Å². The number of methoxy groups -OCH3 is 1. The van der Waals surface area contributed by atoms with Crippen LogP contribution in [0.3, 0.4) is 0 Å². The third-order valence-corrected chi connectivity index (χ3v) is 2.35. The molecular weight excluding hydrogens is 230 g/mol. The Morgan fingerprint density at radius 3 is 2.83 bits per heavy atom. The molecule has 0 unspecified atom stereocenters. The molecule has 0 amide bonds. The number of carbonyl (C=O) groups is 1. The van der Waals surface area contributed by atoms with Gasteiger partial charge < -0.3 is 9.47 Å². The molecule has 0 atom stereocenters. The highest BCUT2D eigenvalue weighted by atomic mass is 16.5. The summed E-state index contributed by atoms with van der Waals surface area (Å²) in [5, 5.41) is 0. The van der Waals surface area contributed by atoms with Gasteiger partial charge in [0.15, 0.2) is 0 Å². The number of carbonyl (C=O) groups excluding carboxylic acids is 1. The van der Waals surface area contributed by atoms with E-state index < -0.39 is 0 Å². The van der Waals surface area contributed by atoms with Crippen LogP contribution in [-0.2, 0) is 16.1 Å². The number of benzene rings is 1. The highest BCUT2D eigenvalue weighted by Crippen LogP contribution is 2.19. The zero-order valence-corrected chi connectivity index (χ0v) is 10.7. The molecule has 0 spiro atoms. The minimum absolute atomic E-state index is 0.234. The normalized spacial score (nSPS) is 9.89. The van der Waals surface area contributed by atoms with Crippen molar-refractivity contribution < 1.29 is 14.3 Å². The quantitative estimate of drug-likeness (QED) is 0.561. The van der Waals surface area contributed by atoms with Crippen molar-refractivity contribution in [2.24, 2.45) is 0 Å². The summed E-state index contributed by atoms with van der Waals surface area (Å²) in [5.74, 6) is 2.91. The third kappa shape index (κ3) is 4.48. The van der Waals surface area contributed by atoms with Crippen LogP contribution in [0.15, 0.2) is 24.3 Å². The molecule has 1 aromatic carbocycles. The molecule has 0 aliphatic rings. The van der Waals surface area contributed by atoms with Gasteiger partial charge in [-0.2, -0.15) is 0 Å². The molecule has 0 fully saturated rings. The van der Waals surface area contributed by atoms with Gasteiger partial charge in [0.25, 0.3) is 0 Å². The lowest BCUT2D eigenvalue weighted by atomic mass is 10.2. The molecule has 18 heavy (non-hydrogen) atoms. The maximum Gasteiger partial charge on any atom is 0.319 e. The Bertz CT molecular complexity index is 437. The van der Waals surface area contributed by atoms with Gasteiger partial charge in [0.2, 0.25) is 0 Å². The van der Waals surface area contributed by atoms with Crippen LogP contribution in [0.25, 0.3) is 0 Å². The molecule has 0 bridgehead atoms. The molecule has 0 heterocycles. The van der Waals surface area contributed by atoms with Crippen LogP contribution in [0.1, 0.15) is 5.56 Å². The van der Waals surface area contributed by atoms with Gasteiger partial charge >= 0.3 is 5.97 Å². The van der Waals surface area contributed by atoms with E-state index in [9.17, 15) is 4.79 Å². The number of nitrogens with zero attached hydrogens (tertiary/aromatic N) is 1. The van der Waals surface area contributed by atoms with Crippen LogP contribution in [-0.4, -0.2) is 38.2 Å². The first kappa shape index (κ1) is 14.1. The van der Waals surface area contributed by atoms with Crippen molar-refractivity contribution in [3.8, 4) is 18.1 Å². The number of hydrogen-bond acceptors (Lipinski definition) is 4. The Morgan fingerprint density at radius 2 is 2.17 bits per heavy atom. The van der Waals surface area contributed by atoms with Crippen LogP contribution in [0.2, 0.25) is 0 Å². The van der Waals surface area contributed by atoms with Gasteiger partial charge in [0, 0.05) is 12.1 Å². The van der Waals surface area contributed by atoms with Crippen LogP contribution in [0, 0.1) is 12.3 Å². The van der Waals surface area contributed by atoms with Crippen LogP contribution < -0.4 is 4.74 Å². The molecule has 0 saturated carbocycles. The molecule has 1 aromatic rings. The molecule has 4 heteroatoms. The van der Waals surface area contributed by atoms with Crippen molar-refractivity contribution in [3.63, 3.8) is 0 Å². The second kappa shape index (κ2) is 7.36. The second-order valence-corrected chi connectivity index (χ2v) is 3.85. The van der Waals surface area contributed by atoms with Gasteiger partial charge in [-0.25, -0.2) is 0 Å². The minimum atomic E-state index is -0.264. The van der Waals surface area contributed by atoms with Crippen molar-refractivity contribution >= 4 is 5.97 Å². The summed E-state index contributed by atoms with van der Waals surface area (Å²) in [6.07, 6.45) is 5.17. The van der Waals surface area contributed by atoms with Crippen LogP contribution >= 0.6 is 0 Å². The van der Waals surface area contributed by atoms with Crippen molar-refractivity contribution in [2.75, 3.05) is 27.3 Å². The molecule has 0 radical (unpaired) electrons. The maximum absolute atomic E-state index is 11.1. The average Bonchev–Trinajstić information content (AvgIpc) is 2.37. The first-order valence-electron chi connectivity index (χ1n) is 5.57. The number of rotatable bonds is 6. The summed E-state index contributed by atoms with van der Waals surface area (Å²) in [7, 11) is 3.22. The summed E-state index contributed by atoms with van der Waals surface area (Å²) < 4.78 is 10.1. The van der Waals surface area contributed by atoms with E-state index in [0.29, 0.717) is 6.54 Å². The monoisotopic (exact) mass is 247 g/mol. The van der Waals surface area contributed by atoms with Crippen molar-refractivity contribution in [3.05, 3.63) is 29.8 Å². The van der Waals surface area contributed by atoms with Gasteiger partial charge in [-0.1, -0.05) is 24.1 Å². The zero-order chi connectivity index (χ0) is 13.4. The number of para-hydroxylation sites is 1. The Labute approximate surface area is 107 Å². The van der Waals surface area contributed by atoms with Gasteiger partial charge in [0.1, 0.15) is 12.4 Å². The lowest BCUT2D eigenvalue weighted by Gasteiger charge is -2.17. The smallest absolute Gasteiger partial charge is 0.319 e. The lowest BCUT2D eigenvalue weighted by Crippen LogP contribution is -2.26. The Balaban J connectivity index is 2.65. The van der Waals surface area contributed by atoms with Gasteiger partial charge in [-0.15, -0.1) is 6.42 Å². The fourth-order valence-corrected chi connectivity index (χ4v) is 1.53. The Morgan fingerprint density at radius 1 is 1.44 bits per heavy atom. The third-order valence-electron chi connectivity index (χ3n) is 2.35. The highest BCUT2D eigenvalue weighted by molar-refractivity contribution is 5.71. The van der Waals surface area contributed by atoms with E-state index in [4.69, 9.17) is 11.2 Å². The van der Waals surface area contributed by atoms with E-state index in [1.165, 1.54) is 7.11 Å². The first-order valence-corrected chi connectivity index (χ1v) is 5.57. The Hall–Kier alpha value is -1.99. The largest absolute Gasteiger partial charge is 0.481 e. The number of esters is 1. The molecule has 96 valence electrons. The van der Waals surface area contributed by atoms with Gasteiger partial charge in [-0.05, 0) is 13.1 Å². The standard InChI is InChI=1S/C14H17NO3/c1-4-9-18-13-8-6-5-7-12(13)10-15(2)11-14(16)17-3/h1,5-8H,9-11H2,2-3H3. The van der Waals surface area contributed by atoms with Gasteiger partial charge in [-0.3, -0.25) is 9.69 Å². The molecule has 0 aliphatic heterocycles. The number of ether oxygens (including phenoxy) is 2. The fourth-order valence-electron chi connectivity index (χ4n) is 1.53. The van der Waals surface area contributed by atoms with E-state index in [1.54, 1.807) is 0 Å². The van der Waals surface area contributed by atoms with Crippen molar-refractivity contribution in [1.29, 1.82) is 0 Å². The molecule has 0 aliphatic carbocycles.